The van der Waals surface area contributed by atoms with Crippen LogP contribution < -0.4 is 5.69 Å². The average molecular weight is 466 g/mol. The van der Waals surface area contributed by atoms with Gasteiger partial charge in [0.1, 0.15) is 5.15 Å². The molecule has 0 amide bonds. The summed E-state index contributed by atoms with van der Waals surface area (Å²) < 4.78 is 3.45. The standard InChI is InChI=1S/C24H28ClN7O/c1-4-5-8-20-22(25)31(15-13-16(2)3)24(33)32(20)18-11-9-17(10-12-18)21-19(7-6-14-26-21)23-27-29-30-28-23/h6-7,9-12,14,16H,4-5,8,13,15H2,1-3H3,(H,27,28,29,30). The molecule has 0 unspecified atom stereocenters. The minimum atomic E-state index is -0.0919. The van der Waals surface area contributed by atoms with Gasteiger partial charge in [0.05, 0.1) is 17.1 Å². The zero-order valence-electron chi connectivity index (χ0n) is 19.1. The zero-order valence-corrected chi connectivity index (χ0v) is 19.9. The third kappa shape index (κ3) is 4.75. The molecule has 8 nitrogen and oxygen atoms in total. The largest absolute Gasteiger partial charge is 0.334 e. The second kappa shape index (κ2) is 10.1. The van der Waals surface area contributed by atoms with Crippen LogP contribution in [0.15, 0.2) is 47.4 Å². The summed E-state index contributed by atoms with van der Waals surface area (Å²) >= 11 is 6.72. The van der Waals surface area contributed by atoms with Crippen molar-refractivity contribution in [2.24, 2.45) is 5.92 Å². The normalized spacial score (nSPS) is 11.4. The number of halogens is 1. The van der Waals surface area contributed by atoms with Crippen LogP contribution in [0.4, 0.5) is 0 Å². The molecule has 0 bridgehead atoms. The summed E-state index contributed by atoms with van der Waals surface area (Å²) in [5.41, 5.74) is 4.03. The van der Waals surface area contributed by atoms with Crippen molar-refractivity contribution in [2.45, 2.75) is 53.0 Å². The van der Waals surface area contributed by atoms with Crippen molar-refractivity contribution in [2.75, 3.05) is 0 Å². The Morgan fingerprint density at radius 3 is 2.61 bits per heavy atom. The highest BCUT2D eigenvalue weighted by Crippen LogP contribution is 2.29. The van der Waals surface area contributed by atoms with E-state index in [2.05, 4.69) is 46.4 Å². The van der Waals surface area contributed by atoms with Gasteiger partial charge in [0.25, 0.3) is 0 Å². The van der Waals surface area contributed by atoms with E-state index in [-0.39, 0.29) is 5.69 Å². The van der Waals surface area contributed by atoms with Crippen LogP contribution in [-0.4, -0.2) is 34.7 Å². The summed E-state index contributed by atoms with van der Waals surface area (Å²) in [6.07, 6.45) is 5.38. The fourth-order valence-corrected chi connectivity index (χ4v) is 4.18. The Balaban J connectivity index is 1.74. The molecule has 0 atom stereocenters. The maximum Gasteiger partial charge on any atom is 0.334 e. The first kappa shape index (κ1) is 22.9. The fraction of sp³-hybridized carbons (Fsp3) is 0.375. The van der Waals surface area contributed by atoms with Crippen LogP contribution in [0.2, 0.25) is 5.15 Å². The van der Waals surface area contributed by atoms with E-state index < -0.39 is 0 Å². The minimum Gasteiger partial charge on any atom is -0.282 e. The molecule has 0 saturated heterocycles. The van der Waals surface area contributed by atoms with Gasteiger partial charge in [-0.05, 0) is 59.9 Å². The number of unbranched alkanes of at least 4 members (excludes halogenated alkanes) is 1. The van der Waals surface area contributed by atoms with Crippen molar-refractivity contribution in [3.05, 3.63) is 63.9 Å². The van der Waals surface area contributed by atoms with Crippen molar-refractivity contribution in [1.29, 1.82) is 0 Å². The first-order chi connectivity index (χ1) is 16.0. The van der Waals surface area contributed by atoms with Gasteiger partial charge < -0.3 is 0 Å². The number of rotatable bonds is 9. The van der Waals surface area contributed by atoms with Gasteiger partial charge in [0, 0.05) is 23.9 Å². The summed E-state index contributed by atoms with van der Waals surface area (Å²) in [6.45, 7) is 7.04. The Bertz CT molecular complexity index is 1260. The van der Waals surface area contributed by atoms with Gasteiger partial charge in [-0.15, -0.1) is 5.10 Å². The summed E-state index contributed by atoms with van der Waals surface area (Å²) in [6, 6.07) is 11.6. The molecule has 4 rings (SSSR count). The van der Waals surface area contributed by atoms with Crippen molar-refractivity contribution in [3.8, 4) is 28.3 Å². The first-order valence-electron chi connectivity index (χ1n) is 11.3. The smallest absolute Gasteiger partial charge is 0.282 e. The predicted molar refractivity (Wildman–Crippen MR) is 130 cm³/mol. The minimum absolute atomic E-state index is 0.0919. The Morgan fingerprint density at radius 1 is 1.15 bits per heavy atom. The molecule has 4 aromatic rings. The average Bonchev–Trinajstić information content (AvgIpc) is 3.43. The van der Waals surface area contributed by atoms with Gasteiger partial charge in [0.15, 0.2) is 5.82 Å². The molecular weight excluding hydrogens is 438 g/mol. The lowest BCUT2D eigenvalue weighted by molar-refractivity contribution is 0.507. The van der Waals surface area contributed by atoms with E-state index >= 15 is 0 Å². The summed E-state index contributed by atoms with van der Waals surface area (Å²) in [5, 5.41) is 14.7. The van der Waals surface area contributed by atoms with Gasteiger partial charge in [-0.25, -0.2) is 9.89 Å². The summed E-state index contributed by atoms with van der Waals surface area (Å²) in [4.78, 5) is 17.9. The lowest BCUT2D eigenvalue weighted by Gasteiger charge is -2.10. The molecule has 0 radical (unpaired) electrons. The van der Waals surface area contributed by atoms with Crippen LogP contribution in [0.3, 0.4) is 0 Å². The molecule has 9 heteroatoms. The quantitative estimate of drug-likeness (QED) is 0.378. The second-order valence-electron chi connectivity index (χ2n) is 8.49. The highest BCUT2D eigenvalue weighted by Gasteiger charge is 2.20. The molecular formula is C24H28ClN7O. The Labute approximate surface area is 197 Å². The maximum atomic E-state index is 13.4. The van der Waals surface area contributed by atoms with Crippen molar-refractivity contribution in [3.63, 3.8) is 0 Å². The number of H-pyrrole nitrogens is 1. The molecule has 1 N–H and O–H groups in total. The van der Waals surface area contributed by atoms with E-state index in [1.807, 2.05) is 36.4 Å². The van der Waals surface area contributed by atoms with Crippen LogP contribution in [-0.2, 0) is 13.0 Å². The maximum absolute atomic E-state index is 13.4. The van der Waals surface area contributed by atoms with Gasteiger partial charge in [-0.2, -0.15) is 0 Å². The Kier molecular flexibility index (Phi) is 7.03. The fourth-order valence-electron chi connectivity index (χ4n) is 3.84. The summed E-state index contributed by atoms with van der Waals surface area (Å²) in [7, 11) is 0. The molecule has 1 aromatic carbocycles. The van der Waals surface area contributed by atoms with E-state index in [0.29, 0.717) is 23.4 Å². The number of hydrogen-bond acceptors (Lipinski definition) is 5. The number of hydrogen-bond donors (Lipinski definition) is 1. The van der Waals surface area contributed by atoms with Crippen LogP contribution in [0, 0.1) is 5.92 Å². The number of tetrazole rings is 1. The first-order valence-corrected chi connectivity index (χ1v) is 11.7. The molecule has 0 saturated carbocycles. The number of nitrogens with zero attached hydrogens (tertiary/aromatic N) is 6. The van der Waals surface area contributed by atoms with E-state index in [1.54, 1.807) is 15.3 Å². The van der Waals surface area contributed by atoms with Crippen LogP contribution in [0.5, 0.6) is 0 Å². The van der Waals surface area contributed by atoms with Crippen LogP contribution in [0.25, 0.3) is 28.3 Å². The SMILES string of the molecule is CCCCc1c(Cl)n(CCC(C)C)c(=O)n1-c1ccc(-c2ncccc2-c2nnn[nH]2)cc1. The topological polar surface area (TPSA) is 94.3 Å². The van der Waals surface area contributed by atoms with Crippen molar-refractivity contribution >= 4 is 11.6 Å². The van der Waals surface area contributed by atoms with Gasteiger partial charge in [-0.3, -0.25) is 14.1 Å². The molecule has 172 valence electrons. The molecule has 0 fully saturated rings. The molecule has 33 heavy (non-hydrogen) atoms. The second-order valence-corrected chi connectivity index (χ2v) is 8.85. The molecule has 0 aliphatic heterocycles. The van der Waals surface area contributed by atoms with Crippen molar-refractivity contribution in [1.82, 2.24) is 34.7 Å². The number of aromatic nitrogens is 7. The van der Waals surface area contributed by atoms with E-state index in [0.717, 1.165) is 53.9 Å². The number of nitrogens with one attached hydrogen (secondary N) is 1. The Morgan fingerprint density at radius 2 is 1.94 bits per heavy atom. The van der Waals surface area contributed by atoms with Gasteiger partial charge >= 0.3 is 5.69 Å². The monoisotopic (exact) mass is 465 g/mol. The third-order valence-corrected chi connectivity index (χ3v) is 6.09. The summed E-state index contributed by atoms with van der Waals surface area (Å²) in [5.74, 6) is 1.04. The highest BCUT2D eigenvalue weighted by molar-refractivity contribution is 6.30. The third-order valence-electron chi connectivity index (χ3n) is 5.67. The Hall–Kier alpha value is -3.26. The zero-order chi connectivity index (χ0) is 23.4. The van der Waals surface area contributed by atoms with Crippen LogP contribution in [0.1, 0.15) is 45.7 Å². The van der Waals surface area contributed by atoms with E-state index in [9.17, 15) is 4.79 Å². The molecule has 0 aliphatic rings. The number of benzene rings is 1. The molecule has 3 aromatic heterocycles. The van der Waals surface area contributed by atoms with Gasteiger partial charge in [0.2, 0.25) is 0 Å². The lowest BCUT2D eigenvalue weighted by atomic mass is 10.0. The lowest BCUT2D eigenvalue weighted by Crippen LogP contribution is -2.24. The van der Waals surface area contributed by atoms with E-state index in [4.69, 9.17) is 11.6 Å². The van der Waals surface area contributed by atoms with Crippen molar-refractivity contribution < 1.29 is 0 Å². The number of imidazole rings is 1. The van der Waals surface area contributed by atoms with Gasteiger partial charge in [-0.1, -0.05) is 50.9 Å². The highest BCUT2D eigenvalue weighted by atomic mass is 35.5. The molecule has 0 aliphatic carbocycles. The molecule has 0 spiro atoms. The van der Waals surface area contributed by atoms with Crippen LogP contribution >= 0.6 is 11.6 Å². The number of aromatic amines is 1. The predicted octanol–water partition coefficient (Wildman–Crippen LogP) is 4.92. The molecule has 3 heterocycles. The number of pyridine rings is 1. The van der Waals surface area contributed by atoms with E-state index in [1.165, 1.54) is 0 Å².